The van der Waals surface area contributed by atoms with Crippen LogP contribution in [0.4, 0.5) is 0 Å². The first-order chi connectivity index (χ1) is 15.0. The number of aliphatic hydroxyl groups is 4. The Labute approximate surface area is 215 Å². The van der Waals surface area contributed by atoms with Crippen LogP contribution in [0, 0.1) is 17.9 Å². The van der Waals surface area contributed by atoms with Crippen molar-refractivity contribution in [1.82, 2.24) is 4.90 Å². The van der Waals surface area contributed by atoms with Gasteiger partial charge in [0.1, 0.15) is 17.1 Å². The first-order valence-electron chi connectivity index (χ1n) is 10.1. The van der Waals surface area contributed by atoms with Gasteiger partial charge in [0.05, 0.1) is 24.7 Å². The topological polar surface area (TPSA) is 145 Å². The van der Waals surface area contributed by atoms with Gasteiger partial charge in [-0.25, -0.2) is 0 Å². The molecule has 0 unspecified atom stereocenters. The number of hydrogen-bond acceptors (Lipinski definition) is 9. The molecule has 1 radical (unpaired) electrons. The quantitative estimate of drug-likeness (QED) is 0.311. The van der Waals surface area contributed by atoms with Crippen LogP contribution in [-0.4, -0.2) is 75.5 Å². The molecule has 0 aromatic heterocycles. The molecular weight excluding hydrogens is 507 g/mol. The monoisotopic (exact) mass is 531 g/mol. The molecule has 0 aromatic rings. The summed E-state index contributed by atoms with van der Waals surface area (Å²) < 4.78 is 5.31. The normalized spacial score (nSPS) is 31.4. The van der Waals surface area contributed by atoms with Gasteiger partial charge in [0.25, 0.3) is 0 Å². The van der Waals surface area contributed by atoms with E-state index in [-0.39, 0.29) is 56.7 Å². The number of likely N-dealkylation sites (N-methyl/N-ethyl adjacent to an activating group) is 1. The zero-order chi connectivity index (χ0) is 23.7. The van der Waals surface area contributed by atoms with Gasteiger partial charge in [0.2, 0.25) is 0 Å². The number of aliphatic hydroxyl groups excluding tert-OH is 3. The predicted molar refractivity (Wildman–Crippen MR) is 110 cm³/mol. The minimum atomic E-state index is -2.48. The van der Waals surface area contributed by atoms with Gasteiger partial charge in [-0.1, -0.05) is 0 Å². The van der Waals surface area contributed by atoms with Crippen LogP contribution in [0.3, 0.4) is 0 Å². The zero-order valence-corrected chi connectivity index (χ0v) is 21.5. The Kier molecular flexibility index (Phi) is 6.67. The van der Waals surface area contributed by atoms with Gasteiger partial charge in [0, 0.05) is 50.0 Å². The second-order valence-corrected chi connectivity index (χ2v) is 8.71. The summed E-state index contributed by atoms with van der Waals surface area (Å²) in [5.74, 6) is -5.53. The van der Waals surface area contributed by atoms with Gasteiger partial charge in [-0.05, 0) is 45.4 Å². The maximum absolute atomic E-state index is 13.1. The number of ketones is 3. The number of Topliss-reactive ketones (excluding diaryl/α,β-unsaturated/α-hetero) is 3. The summed E-state index contributed by atoms with van der Waals surface area (Å²) in [6.07, 6.45) is 4.11. The maximum atomic E-state index is 13.1. The molecule has 0 aromatic carbocycles. The maximum Gasteiger partial charge on any atom is 0.187 e. The molecule has 4 aliphatic carbocycles. The van der Waals surface area contributed by atoms with Crippen LogP contribution < -0.4 is 0 Å². The third-order valence-electron chi connectivity index (χ3n) is 6.82. The number of nitrogens with zero attached hydrogens (tertiary/aromatic N) is 1. The summed E-state index contributed by atoms with van der Waals surface area (Å²) in [4.78, 5) is 39.2. The molecule has 0 heterocycles. The van der Waals surface area contributed by atoms with E-state index >= 15 is 0 Å². The van der Waals surface area contributed by atoms with Crippen molar-refractivity contribution >= 4 is 17.3 Å². The fourth-order valence-corrected chi connectivity index (χ4v) is 5.44. The van der Waals surface area contributed by atoms with E-state index in [2.05, 4.69) is 6.08 Å². The van der Waals surface area contributed by atoms with Gasteiger partial charge in [0.15, 0.2) is 17.2 Å². The minimum absolute atomic E-state index is 0. The van der Waals surface area contributed by atoms with Crippen LogP contribution >= 0.6 is 0 Å². The number of hydrogen-bond donors (Lipinski definition) is 4. The van der Waals surface area contributed by atoms with Gasteiger partial charge in [-0.15, -0.1) is 17.7 Å². The largest absolute Gasteiger partial charge is 0.554 e. The van der Waals surface area contributed by atoms with Crippen molar-refractivity contribution in [3.63, 3.8) is 0 Å². The summed E-state index contributed by atoms with van der Waals surface area (Å²) in [6.45, 7) is 1.09. The molecule has 0 bridgehead atoms. The van der Waals surface area contributed by atoms with Crippen LogP contribution in [0.25, 0.3) is 0 Å². The van der Waals surface area contributed by atoms with Crippen molar-refractivity contribution in [3.8, 4) is 0 Å². The molecule has 4 aliphatic rings. The van der Waals surface area contributed by atoms with E-state index in [1.807, 2.05) is 0 Å². The second-order valence-electron chi connectivity index (χ2n) is 8.71. The summed E-state index contributed by atoms with van der Waals surface area (Å²) in [5, 5.41) is 44.6. The van der Waals surface area contributed by atoms with Crippen molar-refractivity contribution in [2.45, 2.75) is 31.4 Å². The van der Waals surface area contributed by atoms with Crippen LogP contribution in [0.1, 0.15) is 19.8 Å². The SMILES string of the molecule is COC1=C2C[C@H]3C[C@H]4[C@H](N(C)C)C(=O)C(C(C)=O)=C(O)[C@@]4(O)C(O)=C3C(O)=C2C(=O)[C-]=C1.[Y]. The van der Waals surface area contributed by atoms with E-state index in [4.69, 9.17) is 4.74 Å². The molecule has 9 nitrogen and oxygen atoms in total. The molecule has 0 fully saturated rings. The number of fused-ring (bicyclic) bond motifs is 3. The molecule has 4 rings (SSSR count). The molecular formula is C23H24NO8Y-. The van der Waals surface area contributed by atoms with Gasteiger partial charge >= 0.3 is 0 Å². The number of carbonyl (C=O) groups is 3. The Morgan fingerprint density at radius 1 is 1.21 bits per heavy atom. The van der Waals surface area contributed by atoms with E-state index in [0.29, 0.717) is 11.3 Å². The molecule has 0 aliphatic heterocycles. The van der Waals surface area contributed by atoms with E-state index in [9.17, 15) is 34.8 Å². The number of allylic oxidation sites excluding steroid dienone is 5. The Hall–Kier alpha value is -2.07. The number of rotatable bonds is 3. The van der Waals surface area contributed by atoms with Crippen molar-refractivity contribution in [2.24, 2.45) is 11.8 Å². The molecule has 33 heavy (non-hydrogen) atoms. The summed E-state index contributed by atoms with van der Waals surface area (Å²) in [7, 11) is 4.62. The second kappa shape index (κ2) is 8.61. The van der Waals surface area contributed by atoms with Crippen LogP contribution in [0.2, 0.25) is 0 Å². The fraction of sp³-hybridized carbons (Fsp3) is 0.435. The third kappa shape index (κ3) is 3.40. The number of ether oxygens (including phenoxy) is 1. The summed E-state index contributed by atoms with van der Waals surface area (Å²) in [5.41, 5.74) is -2.84. The molecule has 0 spiro atoms. The molecule has 4 atom stereocenters. The van der Waals surface area contributed by atoms with Crippen LogP contribution in [0.15, 0.2) is 51.4 Å². The van der Waals surface area contributed by atoms with E-state index < -0.39 is 63.7 Å². The van der Waals surface area contributed by atoms with Crippen molar-refractivity contribution < 1.29 is 72.3 Å². The van der Waals surface area contributed by atoms with Crippen LogP contribution in [-0.2, 0) is 51.8 Å². The predicted octanol–water partition coefficient (Wildman–Crippen LogP) is 1.14. The fourth-order valence-electron chi connectivity index (χ4n) is 5.44. The van der Waals surface area contributed by atoms with Gasteiger partial charge < -0.3 is 30.0 Å². The average Bonchev–Trinajstić information content (AvgIpc) is 2.70. The Balaban J connectivity index is 0.00000306. The molecule has 10 heteroatoms. The van der Waals surface area contributed by atoms with Gasteiger partial charge in [-0.3, -0.25) is 14.5 Å². The minimum Gasteiger partial charge on any atom is -0.554 e. The third-order valence-corrected chi connectivity index (χ3v) is 6.82. The average molecular weight is 531 g/mol. The number of carbonyl (C=O) groups excluding carboxylic acids is 3. The molecule has 4 N–H and O–H groups in total. The summed E-state index contributed by atoms with van der Waals surface area (Å²) >= 11 is 0. The van der Waals surface area contributed by atoms with Crippen molar-refractivity contribution in [2.75, 3.05) is 21.2 Å². The molecule has 0 saturated carbocycles. The first-order valence-corrected chi connectivity index (χ1v) is 10.1. The van der Waals surface area contributed by atoms with E-state index in [1.54, 1.807) is 14.1 Å². The smallest absolute Gasteiger partial charge is 0.187 e. The molecule has 0 amide bonds. The molecule has 0 saturated heterocycles. The van der Waals surface area contributed by atoms with Crippen LogP contribution in [0.5, 0.6) is 0 Å². The standard InChI is InChI=1S/C23H24NO8.Y/c1-9(25)15-20(28)18(24(2)3)12-8-10-7-11-14(32-4)6-5-13(26)17(11)19(27)16(10)22(30)23(12,31)21(15)29;/h6,10,12,18,27,29-31H,7-8H2,1-4H3;/q-1;/t10-,12-,18-,23+;/m0./s1. The zero-order valence-electron chi connectivity index (χ0n) is 18.7. The Bertz CT molecular complexity index is 1130. The summed E-state index contributed by atoms with van der Waals surface area (Å²) in [6, 6.07) is -1.01. The first kappa shape index (κ1) is 25.6. The van der Waals surface area contributed by atoms with Crippen molar-refractivity contribution in [1.29, 1.82) is 0 Å². The number of methoxy groups -OCH3 is 1. The van der Waals surface area contributed by atoms with E-state index in [1.165, 1.54) is 18.1 Å². The Morgan fingerprint density at radius 2 is 1.85 bits per heavy atom. The molecule has 173 valence electrons. The van der Waals surface area contributed by atoms with Gasteiger partial charge in [-0.2, -0.15) is 0 Å². The Morgan fingerprint density at radius 3 is 2.39 bits per heavy atom. The van der Waals surface area contributed by atoms with E-state index in [0.717, 1.165) is 6.92 Å². The van der Waals surface area contributed by atoms with Crippen molar-refractivity contribution in [3.05, 3.63) is 57.5 Å².